The third-order valence-electron chi connectivity index (χ3n) is 4.05. The van der Waals surface area contributed by atoms with Crippen LogP contribution >= 0.6 is 0 Å². The summed E-state index contributed by atoms with van der Waals surface area (Å²) in [5.41, 5.74) is 1.44. The average Bonchev–Trinajstić information content (AvgIpc) is 2.63. The zero-order valence-corrected chi connectivity index (χ0v) is 14.7. The first-order valence-corrected chi connectivity index (χ1v) is 7.86. The Bertz CT molecular complexity index is 779. The molecule has 26 heavy (non-hydrogen) atoms. The Hall–Kier alpha value is -3.09. The number of amides is 1. The molecule has 0 aliphatic heterocycles. The van der Waals surface area contributed by atoms with Crippen molar-refractivity contribution in [2.24, 2.45) is 0 Å². The fourth-order valence-electron chi connectivity index (χ4n) is 2.56. The lowest BCUT2D eigenvalue weighted by Crippen LogP contribution is -2.31. The van der Waals surface area contributed by atoms with Crippen molar-refractivity contribution < 1.29 is 28.6 Å². The van der Waals surface area contributed by atoms with Crippen LogP contribution in [0.4, 0.5) is 4.39 Å². The number of carboxylic acids is 1. The van der Waals surface area contributed by atoms with E-state index < -0.39 is 23.6 Å². The fourth-order valence-corrected chi connectivity index (χ4v) is 2.56. The predicted molar refractivity (Wildman–Crippen MR) is 93.4 cm³/mol. The molecule has 1 atom stereocenters. The third-order valence-corrected chi connectivity index (χ3v) is 4.05. The van der Waals surface area contributed by atoms with Crippen LogP contribution in [0.2, 0.25) is 0 Å². The van der Waals surface area contributed by atoms with Crippen molar-refractivity contribution in [1.82, 2.24) is 5.32 Å². The zero-order chi connectivity index (χ0) is 19.3. The number of hydrogen-bond acceptors (Lipinski definition) is 4. The van der Waals surface area contributed by atoms with E-state index in [0.717, 1.165) is 5.56 Å². The van der Waals surface area contributed by atoms with Gasteiger partial charge in [0.25, 0.3) is 5.91 Å². The van der Waals surface area contributed by atoms with Gasteiger partial charge in [0, 0.05) is 17.7 Å². The molecule has 6 nitrogen and oxygen atoms in total. The summed E-state index contributed by atoms with van der Waals surface area (Å²) < 4.78 is 23.5. The molecule has 2 rings (SSSR count). The topological polar surface area (TPSA) is 84.9 Å². The second kappa shape index (κ2) is 8.33. The maximum atomic E-state index is 13.0. The van der Waals surface area contributed by atoms with Crippen LogP contribution in [0.3, 0.4) is 0 Å². The van der Waals surface area contributed by atoms with Gasteiger partial charge in [-0.2, -0.15) is 0 Å². The summed E-state index contributed by atoms with van der Waals surface area (Å²) in [6.45, 7) is 1.66. The Morgan fingerprint density at radius 2 is 1.65 bits per heavy atom. The highest BCUT2D eigenvalue weighted by atomic mass is 19.1. The molecule has 0 saturated heterocycles. The summed E-state index contributed by atoms with van der Waals surface area (Å²) in [6.07, 6.45) is 0. The summed E-state index contributed by atoms with van der Waals surface area (Å²) in [4.78, 5) is 23.9. The molecule has 0 aliphatic rings. The van der Waals surface area contributed by atoms with Gasteiger partial charge in [-0.25, -0.2) is 4.39 Å². The van der Waals surface area contributed by atoms with Gasteiger partial charge in [0.15, 0.2) is 0 Å². The highest BCUT2D eigenvalue weighted by Gasteiger charge is 2.22. The van der Waals surface area contributed by atoms with Gasteiger partial charge in [-0.3, -0.25) is 9.59 Å². The second-order valence-electron chi connectivity index (χ2n) is 5.66. The largest absolute Gasteiger partial charge is 0.496 e. The first-order chi connectivity index (χ1) is 12.4. The molecular formula is C19H20FNO5. The molecule has 0 radical (unpaired) electrons. The average molecular weight is 361 g/mol. The van der Waals surface area contributed by atoms with E-state index in [9.17, 15) is 19.1 Å². The third kappa shape index (κ3) is 4.30. The predicted octanol–water partition coefficient (Wildman–Crippen LogP) is 2.75. The van der Waals surface area contributed by atoms with Crippen molar-refractivity contribution in [2.45, 2.75) is 12.8 Å². The SMILES string of the molecule is COc1cc(C(=O)NCC(C(=O)O)c2ccc(F)cc2)cc(OC)c1C. The van der Waals surface area contributed by atoms with E-state index in [2.05, 4.69) is 5.32 Å². The molecule has 2 aromatic carbocycles. The molecule has 0 fully saturated rings. The molecule has 0 bridgehead atoms. The fraction of sp³-hybridized carbons (Fsp3) is 0.263. The number of nitrogens with one attached hydrogen (secondary N) is 1. The normalized spacial score (nSPS) is 11.5. The Morgan fingerprint density at radius 3 is 2.12 bits per heavy atom. The molecule has 2 N–H and O–H groups in total. The van der Waals surface area contributed by atoms with Crippen molar-refractivity contribution >= 4 is 11.9 Å². The van der Waals surface area contributed by atoms with E-state index in [4.69, 9.17) is 9.47 Å². The Labute approximate surface area is 150 Å². The van der Waals surface area contributed by atoms with Crippen LogP contribution < -0.4 is 14.8 Å². The number of methoxy groups -OCH3 is 2. The highest BCUT2D eigenvalue weighted by molar-refractivity contribution is 5.95. The smallest absolute Gasteiger partial charge is 0.312 e. The van der Waals surface area contributed by atoms with E-state index in [1.807, 2.05) is 0 Å². The summed E-state index contributed by atoms with van der Waals surface area (Å²) >= 11 is 0. The standard InChI is InChI=1S/C19H20FNO5/c1-11-16(25-2)8-13(9-17(11)26-3)18(22)21-10-15(19(23)24)12-4-6-14(20)7-5-12/h4-9,15H,10H2,1-3H3,(H,21,22)(H,23,24). The number of aliphatic carboxylic acids is 1. The van der Waals surface area contributed by atoms with Crippen LogP contribution in [-0.2, 0) is 4.79 Å². The van der Waals surface area contributed by atoms with E-state index in [0.29, 0.717) is 17.1 Å². The first kappa shape index (κ1) is 19.2. The number of ether oxygens (including phenoxy) is 2. The number of halogens is 1. The maximum Gasteiger partial charge on any atom is 0.312 e. The molecule has 0 saturated carbocycles. The number of hydrogen-bond donors (Lipinski definition) is 2. The summed E-state index contributed by atoms with van der Waals surface area (Å²) in [5.74, 6) is -2.05. The molecule has 2 aromatic rings. The van der Waals surface area contributed by atoms with Gasteiger partial charge in [0.05, 0.1) is 20.1 Å². The van der Waals surface area contributed by atoms with Gasteiger partial charge in [-0.05, 0) is 36.8 Å². The number of carbonyl (C=O) groups excluding carboxylic acids is 1. The lowest BCUT2D eigenvalue weighted by molar-refractivity contribution is -0.138. The van der Waals surface area contributed by atoms with E-state index >= 15 is 0 Å². The maximum absolute atomic E-state index is 13.0. The molecule has 0 heterocycles. The lowest BCUT2D eigenvalue weighted by Gasteiger charge is -2.15. The van der Waals surface area contributed by atoms with Crippen LogP contribution in [0.15, 0.2) is 36.4 Å². The summed E-state index contributed by atoms with van der Waals surface area (Å²) in [7, 11) is 2.97. The molecular weight excluding hydrogens is 341 g/mol. The van der Waals surface area contributed by atoms with Crippen molar-refractivity contribution in [1.29, 1.82) is 0 Å². The monoisotopic (exact) mass is 361 g/mol. The molecule has 1 unspecified atom stereocenters. The van der Waals surface area contributed by atoms with Gasteiger partial charge < -0.3 is 19.9 Å². The minimum absolute atomic E-state index is 0.141. The van der Waals surface area contributed by atoms with Gasteiger partial charge in [0.2, 0.25) is 0 Å². The quantitative estimate of drug-likeness (QED) is 0.792. The van der Waals surface area contributed by atoms with Crippen LogP contribution in [0.25, 0.3) is 0 Å². The Morgan fingerprint density at radius 1 is 1.12 bits per heavy atom. The molecule has 138 valence electrons. The molecule has 7 heteroatoms. The number of carboxylic acid groups (broad SMARTS) is 1. The Kier molecular flexibility index (Phi) is 6.16. The van der Waals surface area contributed by atoms with Crippen LogP contribution in [-0.4, -0.2) is 37.7 Å². The van der Waals surface area contributed by atoms with Gasteiger partial charge >= 0.3 is 5.97 Å². The van der Waals surface area contributed by atoms with Gasteiger partial charge in [-0.1, -0.05) is 12.1 Å². The van der Waals surface area contributed by atoms with Gasteiger partial charge in [0.1, 0.15) is 17.3 Å². The number of carbonyl (C=O) groups is 2. The first-order valence-electron chi connectivity index (χ1n) is 7.86. The van der Waals surface area contributed by atoms with E-state index in [-0.39, 0.29) is 12.1 Å². The number of benzene rings is 2. The van der Waals surface area contributed by atoms with Gasteiger partial charge in [-0.15, -0.1) is 0 Å². The van der Waals surface area contributed by atoms with Crippen molar-refractivity contribution in [2.75, 3.05) is 20.8 Å². The molecule has 0 aliphatic carbocycles. The van der Waals surface area contributed by atoms with Crippen molar-refractivity contribution in [3.05, 3.63) is 58.9 Å². The van der Waals surface area contributed by atoms with E-state index in [1.165, 1.54) is 38.5 Å². The highest BCUT2D eigenvalue weighted by Crippen LogP contribution is 2.29. The minimum Gasteiger partial charge on any atom is -0.496 e. The minimum atomic E-state index is -1.11. The summed E-state index contributed by atoms with van der Waals surface area (Å²) in [6, 6.07) is 8.25. The van der Waals surface area contributed by atoms with E-state index in [1.54, 1.807) is 19.1 Å². The molecule has 0 spiro atoms. The summed E-state index contributed by atoms with van der Waals surface area (Å²) in [5, 5.41) is 12.0. The zero-order valence-electron chi connectivity index (χ0n) is 14.7. The number of rotatable bonds is 7. The van der Waals surface area contributed by atoms with Crippen LogP contribution in [0.5, 0.6) is 11.5 Å². The Balaban J connectivity index is 2.18. The lowest BCUT2D eigenvalue weighted by atomic mass is 9.99. The second-order valence-corrected chi connectivity index (χ2v) is 5.66. The molecule has 0 aromatic heterocycles. The van der Waals surface area contributed by atoms with Crippen molar-refractivity contribution in [3.8, 4) is 11.5 Å². The van der Waals surface area contributed by atoms with Crippen LogP contribution in [0, 0.1) is 12.7 Å². The van der Waals surface area contributed by atoms with Crippen molar-refractivity contribution in [3.63, 3.8) is 0 Å². The van der Waals surface area contributed by atoms with Crippen LogP contribution in [0.1, 0.15) is 27.4 Å². The molecule has 1 amide bonds.